The van der Waals surface area contributed by atoms with Crippen LogP contribution in [-0.4, -0.2) is 47.9 Å². The Hall–Kier alpha value is -3.40. The molecule has 6 nitrogen and oxygen atoms in total. The lowest BCUT2D eigenvalue weighted by Gasteiger charge is -2.24. The molecule has 1 aliphatic rings. The predicted octanol–water partition coefficient (Wildman–Crippen LogP) is 5.45. The first-order valence-electron chi connectivity index (χ1n) is 11.1. The van der Waals surface area contributed by atoms with Gasteiger partial charge >= 0.3 is 6.18 Å². The summed E-state index contributed by atoms with van der Waals surface area (Å²) >= 11 is 1.14. The minimum atomic E-state index is -4.40. The van der Waals surface area contributed by atoms with Crippen LogP contribution in [0, 0.1) is 6.92 Å². The highest BCUT2D eigenvalue weighted by Gasteiger charge is 2.30. The molecule has 4 rings (SSSR count). The second-order valence-corrected chi connectivity index (χ2v) is 9.53. The number of carbonyl (C=O) groups is 2. The Balaban J connectivity index is 1.41. The summed E-state index contributed by atoms with van der Waals surface area (Å²) < 4.78 is 38.4. The van der Waals surface area contributed by atoms with Crippen molar-refractivity contribution in [3.8, 4) is 10.6 Å². The molecule has 184 valence electrons. The van der Waals surface area contributed by atoms with Gasteiger partial charge in [0.2, 0.25) is 5.91 Å². The summed E-state index contributed by atoms with van der Waals surface area (Å²) in [6.07, 6.45) is -3.50. The number of rotatable bonds is 5. The summed E-state index contributed by atoms with van der Waals surface area (Å²) in [5.41, 5.74) is 1.94. The lowest BCUT2D eigenvalue weighted by Crippen LogP contribution is -2.37. The van der Waals surface area contributed by atoms with Gasteiger partial charge in [0, 0.05) is 44.0 Å². The number of aromatic nitrogens is 1. The van der Waals surface area contributed by atoms with Crippen LogP contribution in [0.3, 0.4) is 0 Å². The topological polar surface area (TPSA) is 65.5 Å². The zero-order valence-electron chi connectivity index (χ0n) is 19.5. The molecule has 1 N–H and O–H groups in total. The van der Waals surface area contributed by atoms with Crippen LogP contribution >= 0.6 is 11.3 Å². The molecule has 2 amide bonds. The van der Waals surface area contributed by atoms with Crippen LogP contribution in [0.2, 0.25) is 0 Å². The monoisotopic (exact) mass is 502 g/mol. The van der Waals surface area contributed by atoms with Gasteiger partial charge in [0.05, 0.1) is 17.3 Å². The average Bonchev–Trinajstić information content (AvgIpc) is 3.46. The fourth-order valence-electron chi connectivity index (χ4n) is 4.03. The van der Waals surface area contributed by atoms with E-state index in [0.29, 0.717) is 26.8 Å². The molecule has 1 aromatic heterocycles. The van der Waals surface area contributed by atoms with Crippen molar-refractivity contribution < 1.29 is 22.8 Å². The Bertz CT molecular complexity index is 1220. The fraction of sp³-hybridized carbons (Fsp3) is 0.320. The van der Waals surface area contributed by atoms with E-state index < -0.39 is 11.7 Å². The van der Waals surface area contributed by atoms with E-state index in [-0.39, 0.29) is 17.9 Å². The van der Waals surface area contributed by atoms with Gasteiger partial charge < -0.3 is 15.1 Å². The number of aryl methyl sites for hydroxylation is 1. The Morgan fingerprint density at radius 1 is 1.11 bits per heavy atom. The molecule has 0 saturated carbocycles. The second-order valence-electron chi connectivity index (χ2n) is 8.53. The zero-order valence-corrected chi connectivity index (χ0v) is 20.3. The molecule has 2 aromatic carbocycles. The molecule has 1 saturated heterocycles. The number of thiazole rings is 1. The van der Waals surface area contributed by atoms with Crippen LogP contribution in [0.15, 0.2) is 48.5 Å². The van der Waals surface area contributed by atoms with Crippen molar-refractivity contribution in [2.24, 2.45) is 0 Å². The van der Waals surface area contributed by atoms with Crippen LogP contribution in [0.1, 0.15) is 34.3 Å². The first-order valence-corrected chi connectivity index (χ1v) is 11.9. The molecule has 0 bridgehead atoms. The fourth-order valence-corrected chi connectivity index (χ4v) is 4.99. The van der Waals surface area contributed by atoms with Gasteiger partial charge in [-0.1, -0.05) is 12.1 Å². The van der Waals surface area contributed by atoms with Crippen molar-refractivity contribution in [3.63, 3.8) is 0 Å². The van der Waals surface area contributed by atoms with Gasteiger partial charge in [-0.15, -0.1) is 11.3 Å². The number of hydrogen-bond acceptors (Lipinski definition) is 5. The van der Waals surface area contributed by atoms with Gasteiger partial charge in [0.1, 0.15) is 9.88 Å². The van der Waals surface area contributed by atoms with Gasteiger partial charge in [-0.2, -0.15) is 13.2 Å². The first kappa shape index (κ1) is 24.7. The minimum absolute atomic E-state index is 0.0507. The highest BCUT2D eigenvalue weighted by atomic mass is 32.1. The first-order chi connectivity index (χ1) is 16.5. The van der Waals surface area contributed by atoms with E-state index >= 15 is 0 Å². The third kappa shape index (κ3) is 5.48. The molecule has 3 aromatic rings. The van der Waals surface area contributed by atoms with E-state index in [4.69, 9.17) is 0 Å². The number of anilines is 2. The number of benzene rings is 2. The maximum absolute atomic E-state index is 12.9. The number of halogens is 3. The van der Waals surface area contributed by atoms with Gasteiger partial charge in [0.25, 0.3) is 5.91 Å². The van der Waals surface area contributed by atoms with Crippen molar-refractivity contribution in [2.75, 3.05) is 30.4 Å². The van der Waals surface area contributed by atoms with Crippen LogP contribution in [0.25, 0.3) is 10.6 Å². The van der Waals surface area contributed by atoms with E-state index in [2.05, 4.69) is 15.2 Å². The summed E-state index contributed by atoms with van der Waals surface area (Å²) in [4.78, 5) is 33.2. The van der Waals surface area contributed by atoms with Crippen LogP contribution < -0.4 is 10.2 Å². The SMILES string of the molecule is CC(=O)N(C)C1CCN(c2ccc(NC(=O)c3sc(-c4ccc(C(F)(F)F)cc4)nc3C)cc2)C1. The number of alkyl halides is 3. The van der Waals surface area contributed by atoms with E-state index in [1.54, 1.807) is 18.7 Å². The standard InChI is InChI=1S/C25H25F3N4O2S/c1-15-22(35-24(29-15)17-4-6-18(7-5-17)25(26,27)28)23(34)30-19-8-10-20(11-9-19)32-13-12-21(14-32)31(3)16(2)33/h4-11,21H,12-14H2,1-3H3,(H,30,34). The summed E-state index contributed by atoms with van der Waals surface area (Å²) in [6.45, 7) is 4.87. The van der Waals surface area contributed by atoms with Gasteiger partial charge in [-0.25, -0.2) is 4.98 Å². The number of nitrogens with one attached hydrogen (secondary N) is 1. The maximum Gasteiger partial charge on any atom is 0.416 e. The second kappa shape index (κ2) is 9.69. The summed E-state index contributed by atoms with van der Waals surface area (Å²) in [6, 6.07) is 12.4. The molecule has 1 aliphatic heterocycles. The van der Waals surface area contributed by atoms with Crippen molar-refractivity contribution in [2.45, 2.75) is 32.5 Å². The number of hydrogen-bond donors (Lipinski definition) is 1. The third-order valence-corrected chi connectivity index (χ3v) is 7.37. The molecule has 1 atom stereocenters. The van der Waals surface area contributed by atoms with Crippen LogP contribution in [0.4, 0.5) is 24.5 Å². The van der Waals surface area contributed by atoms with Crippen molar-refractivity contribution in [1.82, 2.24) is 9.88 Å². The predicted molar refractivity (Wildman–Crippen MR) is 131 cm³/mol. The van der Waals surface area contributed by atoms with E-state index in [1.807, 2.05) is 31.3 Å². The van der Waals surface area contributed by atoms with E-state index in [1.165, 1.54) is 12.1 Å². The number of amides is 2. The van der Waals surface area contributed by atoms with E-state index in [9.17, 15) is 22.8 Å². The van der Waals surface area contributed by atoms with Crippen LogP contribution in [0.5, 0.6) is 0 Å². The Morgan fingerprint density at radius 3 is 2.37 bits per heavy atom. The molecule has 2 heterocycles. The number of carbonyl (C=O) groups excluding carboxylic acids is 2. The lowest BCUT2D eigenvalue weighted by molar-refractivity contribution is -0.137. The Kier molecular flexibility index (Phi) is 6.84. The summed E-state index contributed by atoms with van der Waals surface area (Å²) in [5.74, 6) is -0.273. The minimum Gasteiger partial charge on any atom is -0.369 e. The van der Waals surface area contributed by atoms with Crippen molar-refractivity contribution in [3.05, 3.63) is 64.7 Å². The van der Waals surface area contributed by atoms with Crippen LogP contribution in [-0.2, 0) is 11.0 Å². The number of likely N-dealkylation sites (N-methyl/N-ethyl adjacent to an activating group) is 1. The molecule has 1 unspecified atom stereocenters. The van der Waals surface area contributed by atoms with Crippen molar-refractivity contribution in [1.29, 1.82) is 0 Å². The Morgan fingerprint density at radius 2 is 1.77 bits per heavy atom. The van der Waals surface area contributed by atoms with Gasteiger partial charge in [0.15, 0.2) is 0 Å². The molecule has 1 fully saturated rings. The summed E-state index contributed by atoms with van der Waals surface area (Å²) in [7, 11) is 1.82. The Labute approximate surface area is 205 Å². The average molecular weight is 503 g/mol. The third-order valence-electron chi connectivity index (χ3n) is 6.16. The van der Waals surface area contributed by atoms with Gasteiger partial charge in [-0.05, 0) is 49.7 Å². The molecular weight excluding hydrogens is 477 g/mol. The normalized spacial score (nSPS) is 15.8. The van der Waals surface area contributed by atoms with Crippen molar-refractivity contribution >= 4 is 34.5 Å². The maximum atomic E-state index is 12.9. The lowest BCUT2D eigenvalue weighted by atomic mass is 10.1. The molecule has 0 spiro atoms. The zero-order chi connectivity index (χ0) is 25.3. The molecule has 0 aliphatic carbocycles. The van der Waals surface area contributed by atoms with Gasteiger partial charge in [-0.3, -0.25) is 9.59 Å². The molecule has 35 heavy (non-hydrogen) atoms. The molecular formula is C25H25F3N4O2S. The number of nitrogens with zero attached hydrogens (tertiary/aromatic N) is 3. The quantitative estimate of drug-likeness (QED) is 0.504. The smallest absolute Gasteiger partial charge is 0.369 e. The van der Waals surface area contributed by atoms with E-state index in [0.717, 1.165) is 48.7 Å². The largest absolute Gasteiger partial charge is 0.416 e. The summed E-state index contributed by atoms with van der Waals surface area (Å²) in [5, 5.41) is 3.35. The molecule has 10 heteroatoms. The highest BCUT2D eigenvalue weighted by molar-refractivity contribution is 7.17. The molecule has 0 radical (unpaired) electrons. The highest BCUT2D eigenvalue weighted by Crippen LogP contribution is 2.33.